The molecule has 7 nitrogen and oxygen atoms in total. The molecular weight excluding hydrogens is 245 g/mol. The standard InChI is InChI=1S/C10H10FN3O4/c1-5-2-7(11)8(14(17)18)3-6(5)10(16)13-4-9(12)15/h2-3H,4H2,1H3,(H2,12,15)(H,13,16). The van der Waals surface area contributed by atoms with E-state index in [1.807, 2.05) is 0 Å². The summed E-state index contributed by atoms with van der Waals surface area (Å²) < 4.78 is 13.2. The summed E-state index contributed by atoms with van der Waals surface area (Å²) in [5.74, 6) is -2.50. The minimum atomic E-state index is -1.02. The summed E-state index contributed by atoms with van der Waals surface area (Å²) in [5.41, 5.74) is 4.18. The first kappa shape index (κ1) is 13.6. The molecule has 8 heteroatoms. The number of nitro groups is 1. The van der Waals surface area contributed by atoms with Gasteiger partial charge in [0.2, 0.25) is 11.7 Å². The molecule has 0 saturated heterocycles. The zero-order chi connectivity index (χ0) is 13.9. The Balaban J connectivity index is 3.08. The highest BCUT2D eigenvalue weighted by Crippen LogP contribution is 2.21. The van der Waals surface area contributed by atoms with Crippen LogP contribution < -0.4 is 11.1 Å². The SMILES string of the molecule is Cc1cc(F)c([N+](=O)[O-])cc1C(=O)NCC(N)=O. The third kappa shape index (κ3) is 3.00. The molecule has 0 aromatic heterocycles. The highest BCUT2D eigenvalue weighted by molar-refractivity contribution is 5.98. The Bertz CT molecular complexity index is 530. The molecule has 0 bridgehead atoms. The second kappa shape index (κ2) is 5.21. The molecule has 1 aromatic carbocycles. The lowest BCUT2D eigenvalue weighted by molar-refractivity contribution is -0.387. The van der Waals surface area contributed by atoms with Gasteiger partial charge in [-0.05, 0) is 18.6 Å². The smallest absolute Gasteiger partial charge is 0.305 e. The van der Waals surface area contributed by atoms with Crippen LogP contribution in [0.3, 0.4) is 0 Å². The van der Waals surface area contributed by atoms with Gasteiger partial charge in [0.1, 0.15) is 0 Å². The Morgan fingerprint density at radius 1 is 1.50 bits per heavy atom. The van der Waals surface area contributed by atoms with Gasteiger partial charge >= 0.3 is 5.69 Å². The Hall–Kier alpha value is -2.51. The molecule has 0 radical (unpaired) electrons. The maximum absolute atomic E-state index is 13.2. The number of benzene rings is 1. The van der Waals surface area contributed by atoms with Gasteiger partial charge in [0.15, 0.2) is 0 Å². The molecular formula is C10H10FN3O4. The van der Waals surface area contributed by atoms with E-state index in [-0.39, 0.29) is 11.1 Å². The summed E-state index contributed by atoms with van der Waals surface area (Å²) in [4.78, 5) is 31.7. The molecule has 96 valence electrons. The normalized spacial score (nSPS) is 9.89. The van der Waals surface area contributed by atoms with Gasteiger partial charge in [0, 0.05) is 11.6 Å². The van der Waals surface area contributed by atoms with E-state index in [1.54, 1.807) is 0 Å². The van der Waals surface area contributed by atoms with E-state index in [4.69, 9.17) is 5.73 Å². The van der Waals surface area contributed by atoms with E-state index in [9.17, 15) is 24.1 Å². The maximum Gasteiger partial charge on any atom is 0.305 e. The van der Waals surface area contributed by atoms with E-state index in [0.717, 1.165) is 12.1 Å². The second-order valence-corrected chi connectivity index (χ2v) is 3.52. The van der Waals surface area contributed by atoms with Crippen LogP contribution in [0, 0.1) is 22.9 Å². The van der Waals surface area contributed by atoms with Crippen molar-refractivity contribution in [2.45, 2.75) is 6.92 Å². The molecule has 0 atom stereocenters. The van der Waals surface area contributed by atoms with Crippen LogP contribution in [0.2, 0.25) is 0 Å². The molecule has 1 rings (SSSR count). The van der Waals surface area contributed by atoms with Crippen molar-refractivity contribution in [3.05, 3.63) is 39.2 Å². The number of nitro benzene ring substituents is 1. The molecule has 0 aliphatic carbocycles. The molecule has 0 aliphatic heterocycles. The summed E-state index contributed by atoms with van der Waals surface area (Å²) in [5, 5.41) is 12.7. The van der Waals surface area contributed by atoms with Gasteiger partial charge in [-0.15, -0.1) is 0 Å². The first-order chi connectivity index (χ1) is 8.32. The molecule has 0 spiro atoms. The van der Waals surface area contributed by atoms with Crippen LogP contribution in [0.4, 0.5) is 10.1 Å². The van der Waals surface area contributed by atoms with Crippen LogP contribution in [-0.2, 0) is 4.79 Å². The highest BCUT2D eigenvalue weighted by Gasteiger charge is 2.20. The van der Waals surface area contributed by atoms with E-state index >= 15 is 0 Å². The van der Waals surface area contributed by atoms with E-state index in [0.29, 0.717) is 0 Å². The topological polar surface area (TPSA) is 115 Å². The number of hydrogen-bond acceptors (Lipinski definition) is 4. The molecule has 0 aliphatic rings. The summed E-state index contributed by atoms with van der Waals surface area (Å²) >= 11 is 0. The van der Waals surface area contributed by atoms with Gasteiger partial charge in [-0.2, -0.15) is 4.39 Å². The van der Waals surface area contributed by atoms with Crippen molar-refractivity contribution < 1.29 is 18.9 Å². The first-order valence-corrected chi connectivity index (χ1v) is 4.84. The van der Waals surface area contributed by atoms with E-state index < -0.39 is 34.8 Å². The maximum atomic E-state index is 13.2. The number of rotatable bonds is 4. The lowest BCUT2D eigenvalue weighted by Gasteiger charge is -2.06. The minimum Gasteiger partial charge on any atom is -0.368 e. The van der Waals surface area contributed by atoms with Crippen molar-refractivity contribution >= 4 is 17.5 Å². The number of nitrogens with two attached hydrogens (primary N) is 1. The molecule has 0 heterocycles. The molecule has 0 unspecified atom stereocenters. The number of nitrogens with zero attached hydrogens (tertiary/aromatic N) is 1. The lowest BCUT2D eigenvalue weighted by Crippen LogP contribution is -2.33. The second-order valence-electron chi connectivity index (χ2n) is 3.52. The highest BCUT2D eigenvalue weighted by atomic mass is 19.1. The number of amides is 2. The predicted octanol–water partition coefficient (Wildman–Crippen LogP) is 0.257. The minimum absolute atomic E-state index is 0.0793. The van der Waals surface area contributed by atoms with Crippen LogP contribution in [0.15, 0.2) is 12.1 Å². The predicted molar refractivity (Wildman–Crippen MR) is 59.3 cm³/mol. The van der Waals surface area contributed by atoms with E-state index in [2.05, 4.69) is 5.32 Å². The Morgan fingerprint density at radius 3 is 2.61 bits per heavy atom. The van der Waals surface area contributed by atoms with Crippen LogP contribution in [0.1, 0.15) is 15.9 Å². The number of hydrogen-bond donors (Lipinski definition) is 2. The van der Waals surface area contributed by atoms with Crippen molar-refractivity contribution in [1.29, 1.82) is 0 Å². The fourth-order valence-corrected chi connectivity index (χ4v) is 1.31. The molecule has 18 heavy (non-hydrogen) atoms. The number of primary amides is 1. The first-order valence-electron chi connectivity index (χ1n) is 4.84. The number of halogens is 1. The fourth-order valence-electron chi connectivity index (χ4n) is 1.31. The zero-order valence-electron chi connectivity index (χ0n) is 9.40. The summed E-state index contributed by atoms with van der Waals surface area (Å²) in [6.45, 7) is 1.02. The third-order valence-corrected chi connectivity index (χ3v) is 2.16. The average Bonchev–Trinajstić information content (AvgIpc) is 2.25. The van der Waals surface area contributed by atoms with Gasteiger partial charge in [0.25, 0.3) is 5.91 Å². The zero-order valence-corrected chi connectivity index (χ0v) is 9.40. The fraction of sp³-hybridized carbons (Fsp3) is 0.200. The van der Waals surface area contributed by atoms with Crippen molar-refractivity contribution in [3.8, 4) is 0 Å². The molecule has 0 saturated carbocycles. The monoisotopic (exact) mass is 255 g/mol. The molecule has 1 aromatic rings. The van der Waals surface area contributed by atoms with Crippen molar-refractivity contribution in [3.63, 3.8) is 0 Å². The van der Waals surface area contributed by atoms with Crippen LogP contribution in [0.25, 0.3) is 0 Å². The summed E-state index contributed by atoms with van der Waals surface area (Å²) in [6.07, 6.45) is 0. The molecule has 2 amide bonds. The van der Waals surface area contributed by atoms with Gasteiger partial charge in [0.05, 0.1) is 11.5 Å². The van der Waals surface area contributed by atoms with Crippen molar-refractivity contribution in [2.24, 2.45) is 5.73 Å². The average molecular weight is 255 g/mol. The van der Waals surface area contributed by atoms with Gasteiger partial charge in [-0.1, -0.05) is 0 Å². The Morgan fingerprint density at radius 2 is 2.11 bits per heavy atom. The number of aryl methyl sites for hydroxylation is 1. The number of carbonyl (C=O) groups excluding carboxylic acids is 2. The Kier molecular flexibility index (Phi) is 3.93. The number of carbonyl (C=O) groups is 2. The third-order valence-electron chi connectivity index (χ3n) is 2.16. The van der Waals surface area contributed by atoms with Crippen LogP contribution in [0.5, 0.6) is 0 Å². The van der Waals surface area contributed by atoms with Gasteiger partial charge in [-0.3, -0.25) is 19.7 Å². The van der Waals surface area contributed by atoms with Crippen molar-refractivity contribution in [2.75, 3.05) is 6.54 Å². The van der Waals surface area contributed by atoms with Gasteiger partial charge in [-0.25, -0.2) is 0 Å². The van der Waals surface area contributed by atoms with Crippen molar-refractivity contribution in [1.82, 2.24) is 5.32 Å². The lowest BCUT2D eigenvalue weighted by atomic mass is 10.1. The molecule has 0 fully saturated rings. The summed E-state index contributed by atoms with van der Waals surface area (Å²) in [6, 6.07) is 1.71. The quantitative estimate of drug-likeness (QED) is 0.592. The van der Waals surface area contributed by atoms with Crippen LogP contribution in [-0.4, -0.2) is 23.3 Å². The van der Waals surface area contributed by atoms with Crippen LogP contribution >= 0.6 is 0 Å². The Labute approximate surface area is 101 Å². The van der Waals surface area contributed by atoms with E-state index in [1.165, 1.54) is 6.92 Å². The molecule has 3 N–H and O–H groups in total. The van der Waals surface area contributed by atoms with Gasteiger partial charge < -0.3 is 11.1 Å². The largest absolute Gasteiger partial charge is 0.368 e. The number of nitrogens with one attached hydrogen (secondary N) is 1. The summed E-state index contributed by atoms with van der Waals surface area (Å²) in [7, 11) is 0.